The molecule has 0 fully saturated rings. The second-order valence-corrected chi connectivity index (χ2v) is 6.77. The first kappa shape index (κ1) is 12.5. The highest BCUT2D eigenvalue weighted by Gasteiger charge is 2.32. The summed E-state index contributed by atoms with van der Waals surface area (Å²) >= 11 is 0. The monoisotopic (exact) mass is 275 g/mol. The fourth-order valence-corrected chi connectivity index (χ4v) is 3.53. The van der Waals surface area contributed by atoms with Gasteiger partial charge in [-0.05, 0) is 34.2 Å². The Morgan fingerprint density at radius 1 is 1.05 bits per heavy atom. The van der Waals surface area contributed by atoms with Crippen molar-refractivity contribution in [3.63, 3.8) is 0 Å². The number of carbonyl (C=O) groups excluding carboxylic acids is 1. The fraction of sp³-hybridized carbons (Fsp3) is 0.263. The summed E-state index contributed by atoms with van der Waals surface area (Å²) in [5.41, 5.74) is 3.00. The number of rotatable bonds is 0. The van der Waals surface area contributed by atoms with Crippen LogP contribution < -0.4 is 0 Å². The van der Waals surface area contributed by atoms with E-state index < -0.39 is 0 Å². The predicted octanol–water partition coefficient (Wildman–Crippen LogP) is 4.54. The molecule has 0 spiro atoms. The van der Waals surface area contributed by atoms with E-state index in [-0.39, 0.29) is 11.2 Å². The van der Waals surface area contributed by atoms with Gasteiger partial charge in [0.2, 0.25) is 0 Å². The highest BCUT2D eigenvalue weighted by atomic mass is 16.1. The lowest BCUT2D eigenvalue weighted by Gasteiger charge is -2.31. The van der Waals surface area contributed by atoms with Crippen molar-refractivity contribution < 1.29 is 4.79 Å². The van der Waals surface area contributed by atoms with Crippen molar-refractivity contribution in [2.24, 2.45) is 5.41 Å². The minimum Gasteiger partial charge on any atom is -0.294 e. The summed E-state index contributed by atoms with van der Waals surface area (Å²) in [6.07, 6.45) is 3.31. The van der Waals surface area contributed by atoms with Crippen molar-refractivity contribution in [3.05, 3.63) is 53.7 Å². The van der Waals surface area contributed by atoms with Gasteiger partial charge < -0.3 is 0 Å². The third-order valence-corrected chi connectivity index (χ3v) is 4.46. The number of Topliss-reactive ketones (excluding diaryl/α,β-unsaturated/α-hetero) is 1. The summed E-state index contributed by atoms with van der Waals surface area (Å²) in [4.78, 5) is 17.0. The van der Waals surface area contributed by atoms with Gasteiger partial charge in [-0.3, -0.25) is 9.78 Å². The van der Waals surface area contributed by atoms with Gasteiger partial charge >= 0.3 is 0 Å². The van der Waals surface area contributed by atoms with Crippen molar-refractivity contribution in [2.45, 2.75) is 26.7 Å². The number of fused-ring (bicyclic) bond motifs is 5. The molecule has 0 unspecified atom stereocenters. The molecule has 21 heavy (non-hydrogen) atoms. The first-order valence-corrected chi connectivity index (χ1v) is 7.38. The summed E-state index contributed by atoms with van der Waals surface area (Å²) in [5.74, 6) is 0.226. The quantitative estimate of drug-likeness (QED) is 0.564. The van der Waals surface area contributed by atoms with E-state index in [1.165, 1.54) is 16.3 Å². The Kier molecular flexibility index (Phi) is 2.47. The molecule has 0 N–H and O–H groups in total. The molecular formula is C19H17NO. The topological polar surface area (TPSA) is 30.0 Å². The van der Waals surface area contributed by atoms with Crippen molar-refractivity contribution >= 4 is 27.5 Å². The number of benzene rings is 2. The lowest BCUT2D eigenvalue weighted by molar-refractivity contribution is 0.0912. The molecule has 0 radical (unpaired) electrons. The summed E-state index contributed by atoms with van der Waals surface area (Å²) in [7, 11) is 0. The zero-order valence-electron chi connectivity index (χ0n) is 12.3. The summed E-state index contributed by atoms with van der Waals surface area (Å²) < 4.78 is 0. The summed E-state index contributed by atoms with van der Waals surface area (Å²) in [5, 5.41) is 3.56. The Balaban J connectivity index is 2.17. The number of hydrogen-bond donors (Lipinski definition) is 0. The largest absolute Gasteiger partial charge is 0.294 e. The minimum atomic E-state index is 0.0231. The maximum atomic E-state index is 12.4. The first-order valence-electron chi connectivity index (χ1n) is 7.38. The van der Waals surface area contributed by atoms with E-state index in [4.69, 9.17) is 0 Å². The Labute approximate surface area is 123 Å². The molecule has 3 aromatic rings. The molecule has 0 aliphatic heterocycles. The lowest BCUT2D eigenvalue weighted by atomic mass is 9.73. The van der Waals surface area contributed by atoms with Crippen LogP contribution in [-0.4, -0.2) is 10.8 Å². The van der Waals surface area contributed by atoms with Gasteiger partial charge in [-0.15, -0.1) is 0 Å². The van der Waals surface area contributed by atoms with Gasteiger partial charge in [-0.2, -0.15) is 0 Å². The standard InChI is InChI=1S/C19H17NO/c1-19(2)9-14-15(17(21)10-19)11-20-16-8-7-12-5-3-4-6-13(12)18(14)16/h3-8,11H,9-10H2,1-2H3. The van der Waals surface area contributed by atoms with E-state index in [2.05, 4.69) is 49.2 Å². The van der Waals surface area contributed by atoms with E-state index >= 15 is 0 Å². The smallest absolute Gasteiger partial charge is 0.165 e. The highest BCUT2D eigenvalue weighted by molar-refractivity contribution is 6.12. The molecule has 104 valence electrons. The molecule has 0 saturated heterocycles. The van der Waals surface area contributed by atoms with Gasteiger partial charge in [0, 0.05) is 23.6 Å². The third-order valence-electron chi connectivity index (χ3n) is 4.46. The molecule has 1 aliphatic rings. The molecule has 2 heteroatoms. The molecule has 2 nitrogen and oxygen atoms in total. The molecule has 4 rings (SSSR count). The summed E-state index contributed by atoms with van der Waals surface area (Å²) in [6.45, 7) is 4.34. The van der Waals surface area contributed by atoms with Gasteiger partial charge in [0.1, 0.15) is 0 Å². The Hall–Kier alpha value is -2.22. The number of nitrogens with zero attached hydrogens (tertiary/aromatic N) is 1. The van der Waals surface area contributed by atoms with Crippen LogP contribution in [0.15, 0.2) is 42.6 Å². The maximum Gasteiger partial charge on any atom is 0.165 e. The van der Waals surface area contributed by atoms with Gasteiger partial charge in [0.25, 0.3) is 0 Å². The third kappa shape index (κ3) is 1.86. The number of aromatic nitrogens is 1. The molecule has 0 amide bonds. The van der Waals surface area contributed by atoms with Gasteiger partial charge in [-0.1, -0.05) is 44.2 Å². The average molecular weight is 275 g/mol. The van der Waals surface area contributed by atoms with Crippen LogP contribution in [0.2, 0.25) is 0 Å². The van der Waals surface area contributed by atoms with E-state index in [1.807, 2.05) is 6.07 Å². The molecule has 1 aromatic heterocycles. The van der Waals surface area contributed by atoms with Gasteiger partial charge in [-0.25, -0.2) is 0 Å². The van der Waals surface area contributed by atoms with Crippen LogP contribution in [0.1, 0.15) is 36.2 Å². The molecular weight excluding hydrogens is 258 g/mol. The number of carbonyl (C=O) groups is 1. The maximum absolute atomic E-state index is 12.4. The molecule has 2 aromatic carbocycles. The molecule has 0 atom stereocenters. The van der Waals surface area contributed by atoms with E-state index in [9.17, 15) is 4.79 Å². The molecule has 0 bridgehead atoms. The van der Waals surface area contributed by atoms with Crippen LogP contribution >= 0.6 is 0 Å². The van der Waals surface area contributed by atoms with Crippen LogP contribution in [0, 0.1) is 5.41 Å². The van der Waals surface area contributed by atoms with Crippen molar-refractivity contribution in [1.82, 2.24) is 4.98 Å². The second-order valence-electron chi connectivity index (χ2n) is 6.77. The lowest BCUT2D eigenvalue weighted by Crippen LogP contribution is -2.27. The van der Waals surface area contributed by atoms with Crippen LogP contribution in [-0.2, 0) is 6.42 Å². The summed E-state index contributed by atoms with van der Waals surface area (Å²) in [6, 6.07) is 12.5. The Morgan fingerprint density at radius 3 is 2.71 bits per heavy atom. The second kappa shape index (κ2) is 4.14. The molecule has 1 aliphatic carbocycles. The highest BCUT2D eigenvalue weighted by Crippen LogP contribution is 2.39. The van der Waals surface area contributed by atoms with Crippen LogP contribution in [0.3, 0.4) is 0 Å². The van der Waals surface area contributed by atoms with E-state index in [1.54, 1.807) is 6.20 Å². The Bertz CT molecular complexity index is 893. The fourth-order valence-electron chi connectivity index (χ4n) is 3.53. The molecule has 0 saturated carbocycles. The number of ketones is 1. The van der Waals surface area contributed by atoms with Crippen LogP contribution in [0.25, 0.3) is 21.7 Å². The van der Waals surface area contributed by atoms with E-state index in [0.29, 0.717) is 6.42 Å². The normalized spacial score (nSPS) is 17.1. The SMILES string of the molecule is CC1(C)CC(=O)c2cnc3ccc4ccccc4c3c2C1. The average Bonchev–Trinajstić information content (AvgIpc) is 2.45. The number of hydrogen-bond acceptors (Lipinski definition) is 2. The van der Waals surface area contributed by atoms with Gasteiger partial charge in [0.05, 0.1) is 5.52 Å². The Morgan fingerprint density at radius 2 is 1.86 bits per heavy atom. The zero-order chi connectivity index (χ0) is 14.6. The first-order chi connectivity index (χ1) is 10.1. The minimum absolute atomic E-state index is 0.0231. The predicted molar refractivity (Wildman–Crippen MR) is 85.7 cm³/mol. The van der Waals surface area contributed by atoms with Crippen molar-refractivity contribution in [3.8, 4) is 0 Å². The van der Waals surface area contributed by atoms with E-state index in [0.717, 1.165) is 22.9 Å². The van der Waals surface area contributed by atoms with Crippen molar-refractivity contribution in [1.29, 1.82) is 0 Å². The van der Waals surface area contributed by atoms with Crippen LogP contribution in [0.4, 0.5) is 0 Å². The zero-order valence-corrected chi connectivity index (χ0v) is 12.3. The van der Waals surface area contributed by atoms with Crippen LogP contribution in [0.5, 0.6) is 0 Å². The number of pyridine rings is 1. The van der Waals surface area contributed by atoms with Crippen molar-refractivity contribution in [2.75, 3.05) is 0 Å². The van der Waals surface area contributed by atoms with Gasteiger partial charge in [0.15, 0.2) is 5.78 Å². The molecule has 1 heterocycles.